The predicted molar refractivity (Wildman–Crippen MR) is 45.3 cm³/mol. The lowest BCUT2D eigenvalue weighted by molar-refractivity contribution is 0.961. The van der Waals surface area contributed by atoms with Crippen molar-refractivity contribution in [3.8, 4) is 0 Å². The molecule has 0 N–H and O–H groups in total. The highest BCUT2D eigenvalue weighted by Gasteiger charge is 1.96. The molecule has 2 aromatic heterocycles. The second kappa shape index (κ2) is 2.23. The highest BCUT2D eigenvalue weighted by Crippen LogP contribution is 2.09. The molecular weight excluding hydrogens is 136 g/mol. The van der Waals surface area contributed by atoms with Gasteiger partial charge in [0.05, 0.1) is 11.7 Å². The smallest absolute Gasteiger partial charge is 0.0733 e. The summed E-state index contributed by atoms with van der Waals surface area (Å²) in [6.45, 7) is 3.70. The number of hydrogen-bond acceptors (Lipinski definition) is 1. The molecule has 0 fully saturated rings. The zero-order chi connectivity index (χ0) is 7.68. The second-order valence-electron chi connectivity index (χ2n) is 2.33. The summed E-state index contributed by atoms with van der Waals surface area (Å²) in [5.41, 5.74) is 2.17. The molecule has 0 aliphatic carbocycles. The first kappa shape index (κ1) is 6.16. The maximum absolute atomic E-state index is 4.13. The van der Waals surface area contributed by atoms with Crippen LogP contribution in [0.25, 0.3) is 11.6 Å². The number of rotatable bonds is 1. The first-order chi connectivity index (χ1) is 5.42. The van der Waals surface area contributed by atoms with Crippen LogP contribution < -0.4 is 0 Å². The molecule has 0 aromatic carbocycles. The van der Waals surface area contributed by atoms with E-state index in [-0.39, 0.29) is 0 Å². The lowest BCUT2D eigenvalue weighted by Gasteiger charge is -1.90. The number of hydrogen-bond donors (Lipinski definition) is 0. The van der Waals surface area contributed by atoms with Crippen LogP contribution in [0.4, 0.5) is 0 Å². The molecule has 11 heavy (non-hydrogen) atoms. The second-order valence-corrected chi connectivity index (χ2v) is 2.33. The van der Waals surface area contributed by atoms with E-state index in [0.717, 1.165) is 11.1 Å². The molecule has 54 valence electrons. The minimum Gasteiger partial charge on any atom is -0.240 e. The number of aromatic nitrogens is 2. The van der Waals surface area contributed by atoms with Gasteiger partial charge in [-0.05, 0) is 12.1 Å². The monoisotopic (exact) mass is 144 g/mol. The van der Waals surface area contributed by atoms with Crippen LogP contribution in [0, 0.1) is 0 Å². The normalized spacial score (nSPS) is 10.2. The summed E-state index contributed by atoms with van der Waals surface area (Å²) in [5.74, 6) is 0. The Morgan fingerprint density at radius 3 is 3.18 bits per heavy atom. The summed E-state index contributed by atoms with van der Waals surface area (Å²) < 4.78 is 1.83. The minimum atomic E-state index is 1.07. The fraction of sp³-hybridized carbons (Fsp3) is 0. The summed E-state index contributed by atoms with van der Waals surface area (Å²) in [7, 11) is 0. The van der Waals surface area contributed by atoms with Gasteiger partial charge in [-0.2, -0.15) is 5.10 Å². The van der Waals surface area contributed by atoms with Crippen LogP contribution in [-0.2, 0) is 0 Å². The lowest BCUT2D eigenvalue weighted by atomic mass is 10.3. The average molecular weight is 144 g/mol. The zero-order valence-electron chi connectivity index (χ0n) is 6.07. The van der Waals surface area contributed by atoms with Gasteiger partial charge in [-0.15, -0.1) is 0 Å². The fourth-order valence-electron chi connectivity index (χ4n) is 1.11. The summed E-state index contributed by atoms with van der Waals surface area (Å²) in [6.07, 6.45) is 5.53. The van der Waals surface area contributed by atoms with Crippen LogP contribution in [0.5, 0.6) is 0 Å². The quantitative estimate of drug-likeness (QED) is 0.598. The van der Waals surface area contributed by atoms with E-state index < -0.39 is 0 Å². The maximum Gasteiger partial charge on any atom is 0.0733 e. The first-order valence-corrected chi connectivity index (χ1v) is 3.46. The Morgan fingerprint density at radius 1 is 1.45 bits per heavy atom. The molecule has 0 aliphatic heterocycles. The van der Waals surface area contributed by atoms with E-state index in [1.807, 2.05) is 41.2 Å². The van der Waals surface area contributed by atoms with Gasteiger partial charge in [0, 0.05) is 11.8 Å². The van der Waals surface area contributed by atoms with Gasteiger partial charge in [-0.3, -0.25) is 0 Å². The maximum atomic E-state index is 4.13. The average Bonchev–Trinajstić information content (AvgIpc) is 2.47. The molecule has 0 radical (unpaired) electrons. The van der Waals surface area contributed by atoms with Crippen LogP contribution in [-0.4, -0.2) is 9.61 Å². The van der Waals surface area contributed by atoms with Gasteiger partial charge in [-0.1, -0.05) is 18.7 Å². The van der Waals surface area contributed by atoms with Gasteiger partial charge >= 0.3 is 0 Å². The van der Waals surface area contributed by atoms with Gasteiger partial charge in [0.2, 0.25) is 0 Å². The Morgan fingerprint density at radius 2 is 2.36 bits per heavy atom. The third kappa shape index (κ3) is 0.835. The van der Waals surface area contributed by atoms with Crippen molar-refractivity contribution in [3.63, 3.8) is 0 Å². The number of nitrogens with zero attached hydrogens (tertiary/aromatic N) is 2. The van der Waals surface area contributed by atoms with Crippen molar-refractivity contribution in [2.24, 2.45) is 0 Å². The van der Waals surface area contributed by atoms with Crippen LogP contribution in [0.1, 0.15) is 5.56 Å². The standard InChI is InChI=1S/C9H8N2/c1-2-8-7-10-11-6-4-3-5-9(8)11/h2-7H,1H2. The SMILES string of the molecule is C=Cc1cnn2ccccc12. The largest absolute Gasteiger partial charge is 0.240 e. The molecule has 2 heterocycles. The molecule has 2 nitrogen and oxygen atoms in total. The molecule has 0 atom stereocenters. The summed E-state index contributed by atoms with van der Waals surface area (Å²) in [4.78, 5) is 0. The van der Waals surface area contributed by atoms with E-state index in [9.17, 15) is 0 Å². The van der Waals surface area contributed by atoms with Crippen molar-refractivity contribution in [2.45, 2.75) is 0 Å². The third-order valence-electron chi connectivity index (χ3n) is 1.68. The topological polar surface area (TPSA) is 17.3 Å². The highest BCUT2D eigenvalue weighted by atomic mass is 15.2. The van der Waals surface area contributed by atoms with Crippen molar-refractivity contribution in [1.29, 1.82) is 0 Å². The van der Waals surface area contributed by atoms with Crippen molar-refractivity contribution in [2.75, 3.05) is 0 Å². The van der Waals surface area contributed by atoms with E-state index in [0.29, 0.717) is 0 Å². The Hall–Kier alpha value is -1.57. The van der Waals surface area contributed by atoms with Crippen LogP contribution in [0.2, 0.25) is 0 Å². The summed E-state index contributed by atoms with van der Waals surface area (Å²) in [6, 6.07) is 5.96. The van der Waals surface area contributed by atoms with Crippen LogP contribution in [0.3, 0.4) is 0 Å². The van der Waals surface area contributed by atoms with E-state index in [1.54, 1.807) is 0 Å². The van der Waals surface area contributed by atoms with E-state index in [2.05, 4.69) is 11.7 Å². The minimum absolute atomic E-state index is 1.07. The predicted octanol–water partition coefficient (Wildman–Crippen LogP) is 1.98. The summed E-state index contributed by atoms with van der Waals surface area (Å²) >= 11 is 0. The fourth-order valence-corrected chi connectivity index (χ4v) is 1.11. The Bertz CT molecular complexity index is 387. The van der Waals surface area contributed by atoms with E-state index in [4.69, 9.17) is 0 Å². The van der Waals surface area contributed by atoms with Crippen molar-refractivity contribution >= 4 is 11.6 Å². The number of fused-ring (bicyclic) bond motifs is 1. The molecule has 0 saturated heterocycles. The van der Waals surface area contributed by atoms with Gasteiger partial charge in [0.15, 0.2) is 0 Å². The van der Waals surface area contributed by atoms with E-state index in [1.165, 1.54) is 0 Å². The van der Waals surface area contributed by atoms with Gasteiger partial charge < -0.3 is 0 Å². The molecule has 2 aromatic rings. The van der Waals surface area contributed by atoms with Gasteiger partial charge in [0.1, 0.15) is 0 Å². The molecular formula is C9H8N2. The highest BCUT2D eigenvalue weighted by molar-refractivity contribution is 5.67. The first-order valence-electron chi connectivity index (χ1n) is 3.46. The Balaban J connectivity index is 2.86. The Kier molecular flexibility index (Phi) is 1.25. The molecule has 0 unspecified atom stereocenters. The number of pyridine rings is 1. The molecule has 2 heteroatoms. The van der Waals surface area contributed by atoms with Crippen molar-refractivity contribution in [3.05, 3.63) is 42.7 Å². The van der Waals surface area contributed by atoms with Crippen molar-refractivity contribution < 1.29 is 0 Å². The molecule has 0 bridgehead atoms. The molecule has 2 rings (SSSR count). The molecule has 0 amide bonds. The lowest BCUT2D eigenvalue weighted by Crippen LogP contribution is -1.82. The Labute approximate surface area is 64.8 Å². The summed E-state index contributed by atoms with van der Waals surface area (Å²) in [5, 5.41) is 4.13. The van der Waals surface area contributed by atoms with Crippen LogP contribution in [0.15, 0.2) is 37.2 Å². The molecule has 0 spiro atoms. The molecule has 0 aliphatic rings. The zero-order valence-corrected chi connectivity index (χ0v) is 6.07. The van der Waals surface area contributed by atoms with Gasteiger partial charge in [-0.25, -0.2) is 4.52 Å². The van der Waals surface area contributed by atoms with E-state index >= 15 is 0 Å². The van der Waals surface area contributed by atoms with Gasteiger partial charge in [0.25, 0.3) is 0 Å². The molecule has 0 saturated carbocycles. The van der Waals surface area contributed by atoms with Crippen molar-refractivity contribution in [1.82, 2.24) is 9.61 Å². The third-order valence-corrected chi connectivity index (χ3v) is 1.68. The van der Waals surface area contributed by atoms with Crippen LogP contribution >= 0.6 is 0 Å².